The number of rotatable bonds is 22. The molecule has 42 heavy (non-hydrogen) atoms. The minimum atomic E-state index is -0.922. The Morgan fingerprint density at radius 2 is 1.33 bits per heavy atom. The van der Waals surface area contributed by atoms with Crippen molar-refractivity contribution in [3.63, 3.8) is 0 Å². The smallest absolute Gasteiger partial charge is 0.408 e. The number of esters is 1. The number of hydrogen-bond acceptors (Lipinski definition) is 9. The molecular weight excluding hydrogens is 542 g/mol. The summed E-state index contributed by atoms with van der Waals surface area (Å²) in [5.74, 6) is -0.611. The fraction of sp³-hybridized carbons (Fsp3) is 0.903. The number of hydrogen-bond donors (Lipinski definition) is 5. The van der Waals surface area contributed by atoms with Crippen LogP contribution in [0.4, 0.5) is 4.79 Å². The van der Waals surface area contributed by atoms with E-state index in [1.54, 1.807) is 41.5 Å². The van der Waals surface area contributed by atoms with Gasteiger partial charge in [-0.05, 0) is 86.1 Å². The fourth-order valence-electron chi connectivity index (χ4n) is 5.12. The highest BCUT2D eigenvalue weighted by Crippen LogP contribution is 2.21. The van der Waals surface area contributed by atoms with Crippen molar-refractivity contribution in [3.05, 3.63) is 0 Å². The van der Waals surface area contributed by atoms with Crippen LogP contribution in [-0.2, 0) is 19.1 Å². The predicted octanol–water partition coefficient (Wildman–Crippen LogP) is 3.52. The molecule has 248 valence electrons. The van der Waals surface area contributed by atoms with Gasteiger partial charge in [0, 0.05) is 13.1 Å². The van der Waals surface area contributed by atoms with Crippen molar-refractivity contribution in [2.75, 3.05) is 26.7 Å². The molecule has 0 saturated heterocycles. The van der Waals surface area contributed by atoms with Crippen molar-refractivity contribution >= 4 is 18.0 Å². The van der Waals surface area contributed by atoms with E-state index in [4.69, 9.17) is 9.47 Å². The highest BCUT2D eigenvalue weighted by atomic mass is 16.6. The maximum atomic E-state index is 13.3. The highest BCUT2D eigenvalue weighted by molar-refractivity contribution is 5.89. The van der Waals surface area contributed by atoms with E-state index in [-0.39, 0.29) is 6.10 Å². The van der Waals surface area contributed by atoms with Gasteiger partial charge in [0.15, 0.2) is 0 Å². The molecule has 11 heteroatoms. The van der Waals surface area contributed by atoms with Gasteiger partial charge in [0.25, 0.3) is 0 Å². The monoisotopic (exact) mass is 603 g/mol. The van der Waals surface area contributed by atoms with Gasteiger partial charge in [-0.2, -0.15) is 0 Å². The SMILES string of the molecule is CCCC(CCCC[C@@H](NC(=O)[C@@H](CCCCN(C[C@@H](C)O)C[C@@H](C)O)NC(=O)OC(C)(C)C)C(=O)OC)C[C@@H](C)O. The average molecular weight is 604 g/mol. The summed E-state index contributed by atoms with van der Waals surface area (Å²) in [4.78, 5) is 40.4. The van der Waals surface area contributed by atoms with Crippen LogP contribution in [0, 0.1) is 5.92 Å². The summed E-state index contributed by atoms with van der Waals surface area (Å²) in [6.45, 7) is 14.0. The Hall–Kier alpha value is -1.95. The van der Waals surface area contributed by atoms with Gasteiger partial charge < -0.3 is 35.4 Å². The first kappa shape index (κ1) is 40.1. The molecule has 0 rings (SSSR count). The zero-order valence-electron chi connectivity index (χ0n) is 27.5. The normalized spacial score (nSPS) is 16.2. The molecule has 0 heterocycles. The molecule has 11 nitrogen and oxygen atoms in total. The zero-order chi connectivity index (χ0) is 32.3. The first-order valence-electron chi connectivity index (χ1n) is 15.7. The van der Waals surface area contributed by atoms with E-state index < -0.39 is 47.9 Å². The molecule has 2 amide bonds. The fourth-order valence-corrected chi connectivity index (χ4v) is 5.12. The Kier molecular flexibility index (Phi) is 20.7. The van der Waals surface area contributed by atoms with Crippen LogP contribution in [0.2, 0.25) is 0 Å². The van der Waals surface area contributed by atoms with Crippen LogP contribution in [0.5, 0.6) is 0 Å². The molecule has 0 aromatic carbocycles. The molecule has 0 aromatic heterocycles. The van der Waals surface area contributed by atoms with Gasteiger partial charge in [-0.15, -0.1) is 0 Å². The van der Waals surface area contributed by atoms with Gasteiger partial charge >= 0.3 is 12.1 Å². The summed E-state index contributed by atoms with van der Waals surface area (Å²) in [6.07, 6.45) is 5.14. The summed E-state index contributed by atoms with van der Waals surface area (Å²) in [6, 6.07) is -1.77. The molecular formula is C31H61N3O8. The van der Waals surface area contributed by atoms with Crippen LogP contribution in [0.1, 0.15) is 113 Å². The Bertz CT molecular complexity index is 745. The van der Waals surface area contributed by atoms with Crippen LogP contribution in [0.3, 0.4) is 0 Å². The van der Waals surface area contributed by atoms with Crippen LogP contribution in [-0.4, -0.2) is 101 Å². The van der Waals surface area contributed by atoms with Crippen molar-refractivity contribution in [3.8, 4) is 0 Å². The maximum absolute atomic E-state index is 13.3. The number of carbonyl (C=O) groups is 3. The summed E-state index contributed by atoms with van der Waals surface area (Å²) in [5.41, 5.74) is -0.744. The van der Waals surface area contributed by atoms with E-state index >= 15 is 0 Å². The lowest BCUT2D eigenvalue weighted by Crippen LogP contribution is -2.52. The molecule has 0 radical (unpaired) electrons. The quantitative estimate of drug-likeness (QED) is 0.0922. The van der Waals surface area contributed by atoms with Gasteiger partial charge in [-0.1, -0.05) is 39.0 Å². The summed E-state index contributed by atoms with van der Waals surface area (Å²) < 4.78 is 10.3. The number of aliphatic hydroxyl groups is 3. The van der Waals surface area contributed by atoms with Gasteiger partial charge in [0.2, 0.25) is 5.91 Å². The number of aliphatic hydroxyl groups excluding tert-OH is 3. The molecule has 0 aliphatic carbocycles. The second kappa shape index (κ2) is 21.7. The third kappa shape index (κ3) is 20.9. The minimum Gasteiger partial charge on any atom is -0.467 e. The first-order valence-corrected chi connectivity index (χ1v) is 15.7. The van der Waals surface area contributed by atoms with Crippen molar-refractivity contribution in [1.29, 1.82) is 0 Å². The Balaban J connectivity index is 5.31. The second-order valence-electron chi connectivity index (χ2n) is 12.8. The van der Waals surface area contributed by atoms with Gasteiger partial charge in [-0.25, -0.2) is 9.59 Å². The van der Waals surface area contributed by atoms with Crippen LogP contribution in [0.15, 0.2) is 0 Å². The lowest BCUT2D eigenvalue weighted by Gasteiger charge is -2.26. The molecule has 0 bridgehead atoms. The number of ether oxygens (including phenoxy) is 2. The molecule has 0 aromatic rings. The third-order valence-corrected chi connectivity index (χ3v) is 6.80. The molecule has 1 unspecified atom stereocenters. The highest BCUT2D eigenvalue weighted by Gasteiger charge is 2.28. The molecule has 5 N–H and O–H groups in total. The standard InChI is InChI=1S/C31H61N3O8/c1-9-14-25(19-22(2)35)15-10-11-17-27(29(39)41-8)32-28(38)26(33-30(40)42-31(5,6)7)16-12-13-18-34(20-23(3)36)21-24(4)37/h22-27,35-37H,9-21H2,1-8H3,(H,32,38)(H,33,40)/t22-,23-,24-,25?,26-,27-/m1/s1. The second-order valence-corrected chi connectivity index (χ2v) is 12.8. The van der Waals surface area contributed by atoms with E-state index in [9.17, 15) is 29.7 Å². The lowest BCUT2D eigenvalue weighted by molar-refractivity contribution is -0.145. The van der Waals surface area contributed by atoms with Crippen LogP contribution in [0.25, 0.3) is 0 Å². The van der Waals surface area contributed by atoms with Crippen molar-refractivity contribution in [2.45, 2.75) is 149 Å². The third-order valence-electron chi connectivity index (χ3n) is 6.80. The molecule has 0 spiro atoms. The summed E-state index contributed by atoms with van der Waals surface area (Å²) in [5, 5.41) is 34.8. The lowest BCUT2D eigenvalue weighted by atomic mass is 9.91. The topological polar surface area (TPSA) is 158 Å². The van der Waals surface area contributed by atoms with Gasteiger partial charge in [-0.3, -0.25) is 9.69 Å². The number of methoxy groups -OCH3 is 1. The van der Waals surface area contributed by atoms with E-state index in [0.29, 0.717) is 57.7 Å². The van der Waals surface area contributed by atoms with Crippen LogP contribution < -0.4 is 10.6 Å². The van der Waals surface area contributed by atoms with Gasteiger partial charge in [0.05, 0.1) is 25.4 Å². The molecule has 0 aliphatic heterocycles. The minimum absolute atomic E-state index is 0.314. The molecule has 0 saturated carbocycles. The van der Waals surface area contributed by atoms with E-state index in [1.807, 2.05) is 4.90 Å². The van der Waals surface area contributed by atoms with E-state index in [2.05, 4.69) is 17.6 Å². The molecule has 0 fully saturated rings. The number of unbranched alkanes of at least 4 members (excludes halogenated alkanes) is 2. The number of amides is 2. The Morgan fingerprint density at radius 1 is 0.786 bits per heavy atom. The summed E-state index contributed by atoms with van der Waals surface area (Å²) in [7, 11) is 1.28. The van der Waals surface area contributed by atoms with E-state index in [1.165, 1.54) is 7.11 Å². The average Bonchev–Trinajstić information content (AvgIpc) is 2.84. The van der Waals surface area contributed by atoms with E-state index in [0.717, 1.165) is 32.1 Å². The van der Waals surface area contributed by atoms with Crippen molar-refractivity contribution in [1.82, 2.24) is 15.5 Å². The number of alkyl carbamates (subject to hydrolysis) is 1. The molecule has 0 aliphatic rings. The van der Waals surface area contributed by atoms with Crippen molar-refractivity contribution in [2.24, 2.45) is 5.92 Å². The number of carbonyl (C=O) groups excluding carboxylic acids is 3. The zero-order valence-corrected chi connectivity index (χ0v) is 27.5. The molecule has 6 atom stereocenters. The van der Waals surface area contributed by atoms with Crippen molar-refractivity contribution < 1.29 is 39.2 Å². The number of nitrogens with one attached hydrogen (secondary N) is 2. The maximum Gasteiger partial charge on any atom is 0.408 e. The largest absolute Gasteiger partial charge is 0.467 e. The first-order chi connectivity index (χ1) is 19.6. The Morgan fingerprint density at radius 3 is 1.83 bits per heavy atom. The number of nitrogens with zero attached hydrogens (tertiary/aromatic N) is 1. The predicted molar refractivity (Wildman–Crippen MR) is 164 cm³/mol. The summed E-state index contributed by atoms with van der Waals surface area (Å²) >= 11 is 0. The van der Waals surface area contributed by atoms with Gasteiger partial charge in [0.1, 0.15) is 17.7 Å². The Labute approximate surface area is 254 Å². The van der Waals surface area contributed by atoms with Crippen LogP contribution >= 0.6 is 0 Å².